The van der Waals surface area contributed by atoms with Gasteiger partial charge in [-0.25, -0.2) is 9.97 Å². The van der Waals surface area contributed by atoms with Gasteiger partial charge in [-0.1, -0.05) is 13.3 Å². The molecule has 0 saturated carbocycles. The van der Waals surface area contributed by atoms with Crippen LogP contribution in [-0.4, -0.2) is 52.4 Å². The van der Waals surface area contributed by atoms with E-state index in [9.17, 15) is 4.79 Å². The maximum Gasteiger partial charge on any atom is 0.227 e. The fourth-order valence-electron chi connectivity index (χ4n) is 3.25. The number of pyridine rings is 1. The molecule has 128 valence electrons. The highest BCUT2D eigenvalue weighted by molar-refractivity contribution is 5.80. The first-order valence-corrected chi connectivity index (χ1v) is 8.75. The largest absolute Gasteiger partial charge is 0.369 e. The highest BCUT2D eigenvalue weighted by atomic mass is 16.2. The van der Waals surface area contributed by atoms with E-state index in [2.05, 4.69) is 26.8 Å². The molecule has 24 heavy (non-hydrogen) atoms. The van der Waals surface area contributed by atoms with Crippen LogP contribution in [0.4, 0.5) is 5.69 Å². The fourth-order valence-corrected chi connectivity index (χ4v) is 3.25. The third-order valence-corrected chi connectivity index (χ3v) is 4.67. The van der Waals surface area contributed by atoms with Gasteiger partial charge in [0.1, 0.15) is 5.52 Å². The summed E-state index contributed by atoms with van der Waals surface area (Å²) in [6.45, 7) is 4.70. The number of anilines is 1. The Morgan fingerprint density at radius 2 is 2.17 bits per heavy atom. The highest BCUT2D eigenvalue weighted by Crippen LogP contribution is 2.25. The van der Waals surface area contributed by atoms with Gasteiger partial charge in [-0.2, -0.15) is 0 Å². The van der Waals surface area contributed by atoms with Crippen molar-refractivity contribution in [2.24, 2.45) is 5.92 Å². The molecule has 0 bridgehead atoms. The lowest BCUT2D eigenvalue weighted by Crippen LogP contribution is -2.44. The molecule has 0 aliphatic carbocycles. The standard InChI is InChI=1S/C18H25N5O/c1-3-4-9-22(2)18(24)14-6-5-10-23(13-14)15-11-16-17(21-12-15)20-8-7-19-16/h7-8,11-12,14H,3-6,9-10,13H2,1-2H3. The molecule has 0 N–H and O–H groups in total. The van der Waals surface area contributed by atoms with Crippen molar-refractivity contribution in [1.29, 1.82) is 0 Å². The normalized spacial score (nSPS) is 17.9. The van der Waals surface area contributed by atoms with Crippen molar-refractivity contribution in [2.75, 3.05) is 31.6 Å². The van der Waals surface area contributed by atoms with Gasteiger partial charge < -0.3 is 9.80 Å². The molecule has 1 atom stereocenters. The number of carbonyl (C=O) groups excluding carboxylic acids is 1. The van der Waals surface area contributed by atoms with E-state index in [4.69, 9.17) is 0 Å². The molecule has 0 spiro atoms. The van der Waals surface area contributed by atoms with Crippen molar-refractivity contribution < 1.29 is 4.79 Å². The van der Waals surface area contributed by atoms with Crippen LogP contribution in [0.3, 0.4) is 0 Å². The first-order chi connectivity index (χ1) is 11.7. The molecule has 6 heteroatoms. The molecule has 3 heterocycles. The lowest BCUT2D eigenvalue weighted by molar-refractivity contribution is -0.134. The van der Waals surface area contributed by atoms with Gasteiger partial charge in [-0.3, -0.25) is 9.78 Å². The summed E-state index contributed by atoms with van der Waals surface area (Å²) in [6, 6.07) is 2.02. The second-order valence-electron chi connectivity index (χ2n) is 6.49. The molecule has 1 aliphatic rings. The number of unbranched alkanes of at least 4 members (excludes halogenated alkanes) is 1. The van der Waals surface area contributed by atoms with Gasteiger partial charge in [0.25, 0.3) is 0 Å². The molecule has 1 amide bonds. The summed E-state index contributed by atoms with van der Waals surface area (Å²) >= 11 is 0. The number of aromatic nitrogens is 3. The lowest BCUT2D eigenvalue weighted by Gasteiger charge is -2.35. The summed E-state index contributed by atoms with van der Waals surface area (Å²) in [7, 11) is 1.92. The highest BCUT2D eigenvalue weighted by Gasteiger charge is 2.28. The zero-order chi connectivity index (χ0) is 16.9. The minimum Gasteiger partial charge on any atom is -0.369 e. The number of rotatable bonds is 5. The van der Waals surface area contributed by atoms with E-state index >= 15 is 0 Å². The maximum absolute atomic E-state index is 12.7. The van der Waals surface area contributed by atoms with Crippen molar-refractivity contribution >= 4 is 22.8 Å². The average Bonchev–Trinajstić information content (AvgIpc) is 2.65. The van der Waals surface area contributed by atoms with E-state index < -0.39 is 0 Å². The summed E-state index contributed by atoms with van der Waals surface area (Å²) in [5.41, 5.74) is 2.48. The van der Waals surface area contributed by atoms with Crippen LogP contribution in [0.1, 0.15) is 32.6 Å². The first-order valence-electron chi connectivity index (χ1n) is 8.75. The van der Waals surface area contributed by atoms with Crippen LogP contribution in [0.2, 0.25) is 0 Å². The second kappa shape index (κ2) is 7.55. The van der Waals surface area contributed by atoms with Crippen molar-refractivity contribution in [2.45, 2.75) is 32.6 Å². The number of hydrogen-bond donors (Lipinski definition) is 0. The minimum absolute atomic E-state index is 0.0677. The summed E-state index contributed by atoms with van der Waals surface area (Å²) in [5, 5.41) is 0. The Morgan fingerprint density at radius 3 is 3.00 bits per heavy atom. The Kier molecular flexibility index (Phi) is 5.23. The molecule has 1 saturated heterocycles. The second-order valence-corrected chi connectivity index (χ2v) is 6.49. The predicted molar refractivity (Wildman–Crippen MR) is 94.8 cm³/mol. The lowest BCUT2D eigenvalue weighted by atomic mass is 9.96. The van der Waals surface area contributed by atoms with E-state index in [1.165, 1.54) is 0 Å². The minimum atomic E-state index is 0.0677. The van der Waals surface area contributed by atoms with Crippen molar-refractivity contribution in [1.82, 2.24) is 19.9 Å². The summed E-state index contributed by atoms with van der Waals surface area (Å²) in [6.07, 6.45) is 9.33. The zero-order valence-corrected chi connectivity index (χ0v) is 14.5. The van der Waals surface area contributed by atoms with Crippen LogP contribution >= 0.6 is 0 Å². The van der Waals surface area contributed by atoms with Crippen LogP contribution < -0.4 is 4.90 Å². The van der Waals surface area contributed by atoms with Gasteiger partial charge in [0.2, 0.25) is 5.91 Å². The monoisotopic (exact) mass is 327 g/mol. The van der Waals surface area contributed by atoms with Crippen molar-refractivity contribution in [3.05, 3.63) is 24.7 Å². The number of amides is 1. The molecular formula is C18H25N5O. The Bertz CT molecular complexity index is 705. The summed E-state index contributed by atoms with van der Waals surface area (Å²) in [5.74, 6) is 0.333. The first kappa shape index (κ1) is 16.6. The maximum atomic E-state index is 12.7. The molecule has 0 aromatic carbocycles. The smallest absolute Gasteiger partial charge is 0.227 e. The van der Waals surface area contributed by atoms with Gasteiger partial charge in [-0.05, 0) is 25.3 Å². The van der Waals surface area contributed by atoms with Crippen LogP contribution in [-0.2, 0) is 4.79 Å². The van der Waals surface area contributed by atoms with E-state index in [0.717, 1.165) is 56.5 Å². The van der Waals surface area contributed by atoms with Crippen molar-refractivity contribution in [3.8, 4) is 0 Å². The van der Waals surface area contributed by atoms with Crippen LogP contribution in [0.25, 0.3) is 11.2 Å². The molecule has 1 unspecified atom stereocenters. The third kappa shape index (κ3) is 3.63. The van der Waals surface area contributed by atoms with Crippen LogP contribution in [0.5, 0.6) is 0 Å². The van der Waals surface area contributed by atoms with Gasteiger partial charge in [0.05, 0.1) is 17.8 Å². The molecule has 2 aromatic heterocycles. The summed E-state index contributed by atoms with van der Waals surface area (Å²) < 4.78 is 0. The number of fused-ring (bicyclic) bond motifs is 1. The Balaban J connectivity index is 1.71. The van der Waals surface area contributed by atoms with Crippen molar-refractivity contribution in [3.63, 3.8) is 0 Å². The van der Waals surface area contributed by atoms with Gasteiger partial charge in [0.15, 0.2) is 5.65 Å². The molecule has 6 nitrogen and oxygen atoms in total. The average molecular weight is 327 g/mol. The van der Waals surface area contributed by atoms with Crippen LogP contribution in [0, 0.1) is 5.92 Å². The molecule has 0 radical (unpaired) electrons. The Hall–Kier alpha value is -2.24. The Morgan fingerprint density at radius 1 is 1.33 bits per heavy atom. The number of carbonyl (C=O) groups is 1. The number of hydrogen-bond acceptors (Lipinski definition) is 5. The topological polar surface area (TPSA) is 62.2 Å². The number of nitrogens with zero attached hydrogens (tertiary/aromatic N) is 5. The quantitative estimate of drug-likeness (QED) is 0.844. The molecule has 2 aromatic rings. The van der Waals surface area contributed by atoms with E-state index in [0.29, 0.717) is 5.65 Å². The van der Waals surface area contributed by atoms with Crippen LogP contribution in [0.15, 0.2) is 24.7 Å². The zero-order valence-electron chi connectivity index (χ0n) is 14.5. The van der Waals surface area contributed by atoms with Gasteiger partial charge in [0, 0.05) is 39.1 Å². The number of piperidine rings is 1. The molecule has 1 fully saturated rings. The molecule has 1 aliphatic heterocycles. The molecule has 3 rings (SSSR count). The van der Waals surface area contributed by atoms with E-state index in [1.54, 1.807) is 12.4 Å². The van der Waals surface area contributed by atoms with E-state index in [1.807, 2.05) is 24.2 Å². The van der Waals surface area contributed by atoms with E-state index in [-0.39, 0.29) is 11.8 Å². The third-order valence-electron chi connectivity index (χ3n) is 4.67. The fraction of sp³-hybridized carbons (Fsp3) is 0.556. The Labute approximate surface area is 142 Å². The van der Waals surface area contributed by atoms with Gasteiger partial charge >= 0.3 is 0 Å². The SMILES string of the molecule is CCCCN(C)C(=O)C1CCCN(c2cnc3nccnc3c2)C1. The molecular weight excluding hydrogens is 302 g/mol. The van der Waals surface area contributed by atoms with Gasteiger partial charge in [-0.15, -0.1) is 0 Å². The summed E-state index contributed by atoms with van der Waals surface area (Å²) in [4.78, 5) is 29.7. The predicted octanol–water partition coefficient (Wildman–Crippen LogP) is 2.50.